The van der Waals surface area contributed by atoms with Crippen LogP contribution in [0, 0.1) is 10.1 Å². The van der Waals surface area contributed by atoms with Crippen LogP contribution in [0.4, 0.5) is 11.4 Å². The van der Waals surface area contributed by atoms with Crippen molar-refractivity contribution < 1.29 is 19.2 Å². The molecule has 150 valence electrons. The van der Waals surface area contributed by atoms with E-state index in [9.17, 15) is 19.7 Å². The van der Waals surface area contributed by atoms with E-state index < -0.39 is 16.8 Å². The number of ether oxygens (including phenoxy) is 1. The number of nitro benzene ring substituents is 1. The average Bonchev–Trinajstić information content (AvgIpc) is 3.05. The Morgan fingerprint density at radius 2 is 1.93 bits per heavy atom. The molecular weight excluding hydrogens is 416 g/mol. The molecule has 0 unspecified atom stereocenters. The molecule has 1 aromatic heterocycles. The predicted molar refractivity (Wildman–Crippen MR) is 113 cm³/mol. The molecule has 0 bridgehead atoms. The lowest BCUT2D eigenvalue weighted by Gasteiger charge is -2.06. The van der Waals surface area contributed by atoms with Gasteiger partial charge in [0, 0.05) is 17.1 Å². The van der Waals surface area contributed by atoms with Crippen molar-refractivity contribution in [2.45, 2.75) is 19.8 Å². The van der Waals surface area contributed by atoms with Gasteiger partial charge in [0.1, 0.15) is 9.58 Å². The molecule has 29 heavy (non-hydrogen) atoms. The molecule has 0 radical (unpaired) electrons. The zero-order chi connectivity index (χ0) is 21.0. The van der Waals surface area contributed by atoms with Crippen molar-refractivity contribution in [3.63, 3.8) is 0 Å². The van der Waals surface area contributed by atoms with E-state index in [1.165, 1.54) is 12.1 Å². The van der Waals surface area contributed by atoms with E-state index in [0.717, 1.165) is 24.2 Å². The maximum atomic E-state index is 12.6. The van der Waals surface area contributed by atoms with Crippen LogP contribution in [0.25, 0.3) is 10.1 Å². The molecular formula is C20H17ClN2O5S. The molecule has 3 aromatic rings. The molecule has 1 heterocycles. The van der Waals surface area contributed by atoms with E-state index in [1.54, 1.807) is 30.3 Å². The molecule has 1 amide bonds. The van der Waals surface area contributed by atoms with Gasteiger partial charge in [-0.15, -0.1) is 11.3 Å². The van der Waals surface area contributed by atoms with Crippen molar-refractivity contribution in [1.29, 1.82) is 0 Å². The summed E-state index contributed by atoms with van der Waals surface area (Å²) in [5, 5.41) is 14.5. The number of hydrogen-bond acceptors (Lipinski definition) is 6. The molecule has 2 aromatic carbocycles. The number of carbonyl (C=O) groups excluding carboxylic acids is 2. The number of nitrogens with zero attached hydrogens (tertiary/aromatic N) is 1. The van der Waals surface area contributed by atoms with Gasteiger partial charge in [0.25, 0.3) is 11.6 Å². The summed E-state index contributed by atoms with van der Waals surface area (Å²) in [7, 11) is 0. The smallest absolute Gasteiger partial charge is 0.338 e. The van der Waals surface area contributed by atoms with Crippen LogP contribution in [0.15, 0.2) is 42.5 Å². The molecule has 0 atom stereocenters. The number of hydrogen-bond donors (Lipinski definition) is 1. The first-order valence-electron chi connectivity index (χ1n) is 8.86. The van der Waals surface area contributed by atoms with Gasteiger partial charge in [0.2, 0.25) is 0 Å². The molecule has 0 saturated heterocycles. The summed E-state index contributed by atoms with van der Waals surface area (Å²) in [6, 6.07) is 10.8. The van der Waals surface area contributed by atoms with E-state index in [2.05, 4.69) is 5.32 Å². The van der Waals surface area contributed by atoms with Gasteiger partial charge in [-0.25, -0.2) is 4.79 Å². The summed E-state index contributed by atoms with van der Waals surface area (Å²) in [6.07, 6.45) is 1.73. The molecule has 7 nitrogen and oxygen atoms in total. The highest BCUT2D eigenvalue weighted by molar-refractivity contribution is 7.22. The zero-order valence-corrected chi connectivity index (χ0v) is 17.0. The Morgan fingerprint density at radius 3 is 2.59 bits per heavy atom. The van der Waals surface area contributed by atoms with E-state index in [4.69, 9.17) is 16.3 Å². The van der Waals surface area contributed by atoms with Gasteiger partial charge in [-0.05, 0) is 30.7 Å². The van der Waals surface area contributed by atoms with Gasteiger partial charge < -0.3 is 10.1 Å². The zero-order valence-electron chi connectivity index (χ0n) is 15.4. The van der Waals surface area contributed by atoms with Crippen molar-refractivity contribution in [1.82, 2.24) is 0 Å². The van der Waals surface area contributed by atoms with Gasteiger partial charge in [0.05, 0.1) is 22.1 Å². The number of amides is 1. The number of non-ortho nitro benzene ring substituents is 1. The summed E-state index contributed by atoms with van der Waals surface area (Å²) >= 11 is 7.25. The molecule has 0 saturated carbocycles. The Balaban J connectivity index is 1.77. The van der Waals surface area contributed by atoms with E-state index >= 15 is 0 Å². The third-order valence-corrected chi connectivity index (χ3v) is 5.88. The van der Waals surface area contributed by atoms with Crippen LogP contribution >= 0.6 is 22.9 Å². The monoisotopic (exact) mass is 432 g/mol. The fourth-order valence-electron chi connectivity index (χ4n) is 2.63. The molecule has 1 N–H and O–H groups in total. The van der Waals surface area contributed by atoms with Crippen molar-refractivity contribution in [2.75, 3.05) is 11.9 Å². The molecule has 0 fully saturated rings. The number of fused-ring (bicyclic) bond motifs is 1. The third kappa shape index (κ3) is 4.55. The number of rotatable bonds is 7. The van der Waals surface area contributed by atoms with Crippen LogP contribution in [0.1, 0.15) is 39.8 Å². The second-order valence-electron chi connectivity index (χ2n) is 6.18. The van der Waals surface area contributed by atoms with Crippen molar-refractivity contribution in [3.8, 4) is 0 Å². The van der Waals surface area contributed by atoms with Crippen LogP contribution in [0.5, 0.6) is 0 Å². The fourth-order valence-corrected chi connectivity index (χ4v) is 4.12. The SMILES string of the molecule is CCCCOC(=O)c1ccc(NC(=O)c2sc3c([N+](=O)[O-])cccc3c2Cl)cc1. The number of benzene rings is 2. The van der Waals surface area contributed by atoms with Crippen molar-refractivity contribution in [3.05, 3.63) is 68.0 Å². The van der Waals surface area contributed by atoms with E-state index in [0.29, 0.717) is 27.9 Å². The Morgan fingerprint density at radius 1 is 1.21 bits per heavy atom. The van der Waals surface area contributed by atoms with Crippen molar-refractivity contribution >= 4 is 56.3 Å². The van der Waals surface area contributed by atoms with E-state index in [1.807, 2.05) is 6.92 Å². The van der Waals surface area contributed by atoms with Crippen LogP contribution in [-0.2, 0) is 4.74 Å². The normalized spacial score (nSPS) is 10.7. The first-order chi connectivity index (χ1) is 13.9. The number of nitro groups is 1. The minimum atomic E-state index is -0.505. The quantitative estimate of drug-likeness (QED) is 0.224. The Bertz CT molecular complexity index is 1080. The molecule has 0 spiro atoms. The lowest BCUT2D eigenvalue weighted by molar-refractivity contribution is -0.382. The number of thiophene rings is 1. The average molecular weight is 433 g/mol. The summed E-state index contributed by atoms with van der Waals surface area (Å²) in [5.74, 6) is -0.903. The summed E-state index contributed by atoms with van der Waals surface area (Å²) in [4.78, 5) is 35.4. The molecule has 0 aliphatic carbocycles. The lowest BCUT2D eigenvalue weighted by atomic mass is 10.2. The summed E-state index contributed by atoms with van der Waals surface area (Å²) in [5.41, 5.74) is 0.747. The van der Waals surface area contributed by atoms with Crippen LogP contribution in [0.3, 0.4) is 0 Å². The number of esters is 1. The Kier molecular flexibility index (Phi) is 6.46. The van der Waals surface area contributed by atoms with Gasteiger partial charge in [0.15, 0.2) is 0 Å². The molecule has 0 aliphatic rings. The number of unbranched alkanes of at least 4 members (excludes halogenated alkanes) is 1. The highest BCUT2D eigenvalue weighted by Gasteiger charge is 2.22. The number of nitrogens with one attached hydrogen (secondary N) is 1. The fraction of sp³-hybridized carbons (Fsp3) is 0.200. The van der Waals surface area contributed by atoms with Crippen LogP contribution < -0.4 is 5.32 Å². The Hall–Kier alpha value is -2.97. The van der Waals surface area contributed by atoms with Gasteiger partial charge in [-0.1, -0.05) is 37.1 Å². The largest absolute Gasteiger partial charge is 0.462 e. The lowest BCUT2D eigenvalue weighted by Crippen LogP contribution is -2.11. The van der Waals surface area contributed by atoms with Gasteiger partial charge >= 0.3 is 5.97 Å². The molecule has 3 rings (SSSR count). The maximum absolute atomic E-state index is 12.6. The second-order valence-corrected chi connectivity index (χ2v) is 7.58. The second kappa shape index (κ2) is 9.02. The first-order valence-corrected chi connectivity index (χ1v) is 10.1. The predicted octanol–water partition coefficient (Wildman–Crippen LogP) is 5.67. The number of halogens is 1. The number of anilines is 1. The van der Waals surface area contributed by atoms with E-state index in [-0.39, 0.29) is 15.6 Å². The minimum absolute atomic E-state index is 0.0978. The van der Waals surface area contributed by atoms with Crippen LogP contribution in [0.2, 0.25) is 5.02 Å². The van der Waals surface area contributed by atoms with Crippen molar-refractivity contribution in [2.24, 2.45) is 0 Å². The standard InChI is InChI=1S/C20H17ClN2O5S/c1-2-3-11-28-20(25)12-7-9-13(10-8-12)22-19(24)18-16(21)14-5-4-6-15(23(26)27)17(14)29-18/h4-10H,2-3,11H2,1H3,(H,22,24). The Labute approximate surface area is 175 Å². The maximum Gasteiger partial charge on any atom is 0.338 e. The van der Waals surface area contributed by atoms with Gasteiger partial charge in [-0.3, -0.25) is 14.9 Å². The van der Waals surface area contributed by atoms with Gasteiger partial charge in [-0.2, -0.15) is 0 Å². The van der Waals surface area contributed by atoms with Crippen LogP contribution in [-0.4, -0.2) is 23.4 Å². The first kappa shape index (κ1) is 20.8. The molecule has 0 aliphatic heterocycles. The minimum Gasteiger partial charge on any atom is -0.462 e. The highest BCUT2D eigenvalue weighted by Crippen LogP contribution is 2.40. The summed E-state index contributed by atoms with van der Waals surface area (Å²) < 4.78 is 5.49. The highest BCUT2D eigenvalue weighted by atomic mass is 35.5. The third-order valence-electron chi connectivity index (χ3n) is 4.15. The number of carbonyl (C=O) groups is 2. The topological polar surface area (TPSA) is 98.5 Å². The molecule has 9 heteroatoms. The summed E-state index contributed by atoms with van der Waals surface area (Å²) in [6.45, 7) is 2.37.